The van der Waals surface area contributed by atoms with Crippen molar-refractivity contribution in [2.24, 2.45) is 5.92 Å². The van der Waals surface area contributed by atoms with Gasteiger partial charge in [-0.3, -0.25) is 4.79 Å². The van der Waals surface area contributed by atoms with Crippen LogP contribution in [0.3, 0.4) is 0 Å². The second-order valence-corrected chi connectivity index (χ2v) is 7.28. The molecule has 1 aliphatic carbocycles. The van der Waals surface area contributed by atoms with E-state index < -0.39 is 11.8 Å². The number of hydrogen-bond acceptors (Lipinski definition) is 4. The van der Waals surface area contributed by atoms with Crippen molar-refractivity contribution >= 4 is 5.97 Å². The van der Waals surface area contributed by atoms with E-state index in [-0.39, 0.29) is 24.2 Å². The van der Waals surface area contributed by atoms with Gasteiger partial charge in [0, 0.05) is 30.7 Å². The third-order valence-corrected chi connectivity index (χ3v) is 5.32. The van der Waals surface area contributed by atoms with Gasteiger partial charge in [-0.15, -0.1) is 0 Å². The highest BCUT2D eigenvalue weighted by Gasteiger charge is 2.44. The molecular weight excluding hydrogens is 332 g/mol. The molecular formula is C21H28O5. The fraction of sp³-hybridized carbons (Fsp3) is 0.571. The van der Waals surface area contributed by atoms with Crippen LogP contribution in [0.1, 0.15) is 63.0 Å². The van der Waals surface area contributed by atoms with Gasteiger partial charge in [0.2, 0.25) is 0 Å². The Morgan fingerprint density at radius 2 is 1.96 bits per heavy atom. The van der Waals surface area contributed by atoms with Gasteiger partial charge < -0.3 is 19.7 Å². The molecule has 0 bridgehead atoms. The number of allylic oxidation sites excluding steroid dienone is 2. The van der Waals surface area contributed by atoms with Crippen molar-refractivity contribution in [3.63, 3.8) is 0 Å². The molecule has 26 heavy (non-hydrogen) atoms. The van der Waals surface area contributed by atoms with Gasteiger partial charge in [0.05, 0.1) is 12.7 Å². The topological polar surface area (TPSA) is 76.0 Å². The third kappa shape index (κ3) is 4.65. The summed E-state index contributed by atoms with van der Waals surface area (Å²) >= 11 is 0. The molecule has 2 atom stereocenters. The van der Waals surface area contributed by atoms with E-state index >= 15 is 0 Å². The zero-order chi connectivity index (χ0) is 18.4. The van der Waals surface area contributed by atoms with Crippen LogP contribution < -0.4 is 0 Å². The minimum absolute atomic E-state index is 0.0944. The Labute approximate surface area is 154 Å². The Balaban J connectivity index is 1.72. The van der Waals surface area contributed by atoms with Crippen LogP contribution in [0.4, 0.5) is 0 Å². The SMILES string of the molecule is O=C(O)CC/C=C\CC1COC2(CCCCC2)OC1c1ccccc1O. The number of benzene rings is 1. The molecule has 142 valence electrons. The molecule has 2 aliphatic rings. The Morgan fingerprint density at radius 1 is 1.19 bits per heavy atom. The Bertz CT molecular complexity index is 633. The maximum absolute atomic E-state index is 10.6. The number of para-hydroxylation sites is 1. The number of carboxylic acid groups (broad SMARTS) is 1. The highest BCUT2D eigenvalue weighted by molar-refractivity contribution is 5.66. The second-order valence-electron chi connectivity index (χ2n) is 7.28. The summed E-state index contributed by atoms with van der Waals surface area (Å²) in [7, 11) is 0. The molecule has 1 aliphatic heterocycles. The van der Waals surface area contributed by atoms with E-state index in [4.69, 9.17) is 14.6 Å². The van der Waals surface area contributed by atoms with Crippen molar-refractivity contribution in [2.75, 3.05) is 6.61 Å². The number of hydrogen-bond donors (Lipinski definition) is 2. The smallest absolute Gasteiger partial charge is 0.303 e. The van der Waals surface area contributed by atoms with Gasteiger partial charge in [-0.1, -0.05) is 36.8 Å². The van der Waals surface area contributed by atoms with Crippen molar-refractivity contribution in [1.82, 2.24) is 0 Å². The van der Waals surface area contributed by atoms with Crippen LogP contribution in [0.25, 0.3) is 0 Å². The van der Waals surface area contributed by atoms with Crippen molar-refractivity contribution < 1.29 is 24.5 Å². The summed E-state index contributed by atoms with van der Waals surface area (Å²) in [6.45, 7) is 0.586. The fourth-order valence-electron chi connectivity index (χ4n) is 3.89. The van der Waals surface area contributed by atoms with Crippen LogP contribution in [-0.2, 0) is 14.3 Å². The maximum Gasteiger partial charge on any atom is 0.303 e. The molecule has 0 aromatic heterocycles. The second kappa shape index (κ2) is 8.69. The first-order valence-corrected chi connectivity index (χ1v) is 9.56. The normalized spacial score (nSPS) is 25.5. The lowest BCUT2D eigenvalue weighted by molar-refractivity contribution is -0.325. The van der Waals surface area contributed by atoms with Crippen molar-refractivity contribution in [2.45, 2.75) is 63.3 Å². The van der Waals surface area contributed by atoms with E-state index in [2.05, 4.69) is 0 Å². The third-order valence-electron chi connectivity index (χ3n) is 5.32. The van der Waals surface area contributed by atoms with Crippen LogP contribution >= 0.6 is 0 Å². The molecule has 3 rings (SSSR count). The van der Waals surface area contributed by atoms with Crippen LogP contribution in [0.15, 0.2) is 36.4 Å². The zero-order valence-electron chi connectivity index (χ0n) is 15.1. The summed E-state index contributed by atoms with van der Waals surface area (Å²) in [5, 5.41) is 19.1. The summed E-state index contributed by atoms with van der Waals surface area (Å²) < 4.78 is 12.7. The Hall–Kier alpha value is -1.85. The van der Waals surface area contributed by atoms with Gasteiger partial charge in [0.25, 0.3) is 0 Å². The van der Waals surface area contributed by atoms with Crippen LogP contribution in [-0.4, -0.2) is 28.6 Å². The molecule has 2 unspecified atom stereocenters. The summed E-state index contributed by atoms with van der Waals surface area (Å²) in [6, 6.07) is 7.35. The molecule has 1 spiro atoms. The molecule has 2 N–H and O–H groups in total. The van der Waals surface area contributed by atoms with Gasteiger partial charge in [0.1, 0.15) is 5.75 Å². The van der Waals surface area contributed by atoms with Gasteiger partial charge >= 0.3 is 5.97 Å². The lowest BCUT2D eigenvalue weighted by Gasteiger charge is -2.46. The molecule has 2 fully saturated rings. The average molecular weight is 360 g/mol. The number of phenols is 1. The number of carboxylic acids is 1. The zero-order valence-corrected chi connectivity index (χ0v) is 15.1. The van der Waals surface area contributed by atoms with Gasteiger partial charge in [-0.05, 0) is 31.7 Å². The number of aliphatic carboxylic acids is 1. The maximum atomic E-state index is 10.6. The standard InChI is InChI=1S/C21H28O5/c22-18-11-6-5-10-17(18)20-16(9-3-1-4-12-19(23)24)15-25-21(26-20)13-7-2-8-14-21/h1,3,5-6,10-11,16,20,22H,2,4,7-9,12-15H2,(H,23,24)/b3-1-. The summed E-state index contributed by atoms with van der Waals surface area (Å²) in [4.78, 5) is 10.6. The van der Waals surface area contributed by atoms with Gasteiger partial charge in [-0.2, -0.15) is 0 Å². The average Bonchev–Trinajstić information content (AvgIpc) is 2.63. The predicted molar refractivity (Wildman–Crippen MR) is 97.8 cm³/mol. The minimum atomic E-state index is -0.787. The molecule has 1 aromatic carbocycles. The molecule has 0 radical (unpaired) electrons. The van der Waals surface area contributed by atoms with E-state index in [0.29, 0.717) is 13.0 Å². The summed E-state index contributed by atoms with van der Waals surface area (Å²) in [6.07, 6.45) is 10.3. The first kappa shape index (κ1) is 18.9. The monoisotopic (exact) mass is 360 g/mol. The quantitative estimate of drug-likeness (QED) is 0.727. The van der Waals surface area contributed by atoms with E-state index in [0.717, 1.165) is 37.7 Å². The fourth-order valence-corrected chi connectivity index (χ4v) is 3.89. The van der Waals surface area contributed by atoms with Crippen LogP contribution in [0.2, 0.25) is 0 Å². The number of carbonyl (C=O) groups is 1. The van der Waals surface area contributed by atoms with Crippen molar-refractivity contribution in [1.29, 1.82) is 0 Å². The Kier molecular flexibility index (Phi) is 6.33. The summed E-state index contributed by atoms with van der Waals surface area (Å²) in [5.41, 5.74) is 0.810. The largest absolute Gasteiger partial charge is 0.508 e. The number of phenolic OH excluding ortho intramolecular Hbond substituents is 1. The lowest BCUT2D eigenvalue weighted by Crippen LogP contribution is -2.46. The van der Waals surface area contributed by atoms with Crippen LogP contribution in [0, 0.1) is 5.92 Å². The van der Waals surface area contributed by atoms with E-state index in [1.807, 2.05) is 30.4 Å². The van der Waals surface area contributed by atoms with E-state index in [1.54, 1.807) is 6.07 Å². The molecule has 1 aromatic rings. The molecule has 5 heteroatoms. The van der Waals surface area contributed by atoms with E-state index in [9.17, 15) is 9.90 Å². The Morgan fingerprint density at radius 3 is 2.69 bits per heavy atom. The van der Waals surface area contributed by atoms with Crippen molar-refractivity contribution in [3.8, 4) is 5.75 Å². The molecule has 0 amide bonds. The highest BCUT2D eigenvalue weighted by Crippen LogP contribution is 2.46. The molecule has 5 nitrogen and oxygen atoms in total. The minimum Gasteiger partial charge on any atom is -0.508 e. The van der Waals surface area contributed by atoms with Gasteiger partial charge in [0.15, 0.2) is 5.79 Å². The molecule has 1 saturated carbocycles. The lowest BCUT2D eigenvalue weighted by atomic mass is 9.87. The van der Waals surface area contributed by atoms with Crippen molar-refractivity contribution in [3.05, 3.63) is 42.0 Å². The first-order valence-electron chi connectivity index (χ1n) is 9.56. The predicted octanol–water partition coefficient (Wildman–Crippen LogP) is 4.57. The summed E-state index contributed by atoms with van der Waals surface area (Å²) in [5.74, 6) is -0.957. The van der Waals surface area contributed by atoms with Gasteiger partial charge in [-0.25, -0.2) is 0 Å². The molecule has 1 saturated heterocycles. The van der Waals surface area contributed by atoms with Crippen LogP contribution in [0.5, 0.6) is 5.75 Å². The number of aromatic hydroxyl groups is 1. The first-order chi connectivity index (χ1) is 12.6. The highest BCUT2D eigenvalue weighted by atomic mass is 16.7. The van der Waals surface area contributed by atoms with E-state index in [1.165, 1.54) is 6.42 Å². The number of rotatable bonds is 6. The number of ether oxygens (including phenoxy) is 2. The molecule has 1 heterocycles.